The first-order chi connectivity index (χ1) is 9.08. The summed E-state index contributed by atoms with van der Waals surface area (Å²) in [5, 5.41) is 0. The quantitative estimate of drug-likeness (QED) is 0.915. The molecular weight excluding hydrogens is 248 g/mol. The number of hydrogen-bond acceptors (Lipinski definition) is 2. The van der Waals surface area contributed by atoms with E-state index in [0.717, 1.165) is 0 Å². The highest BCUT2D eigenvalue weighted by Gasteiger charge is 2.08. The summed E-state index contributed by atoms with van der Waals surface area (Å²) in [4.78, 5) is 0. The number of ether oxygens (including phenoxy) is 1. The van der Waals surface area contributed by atoms with E-state index < -0.39 is 5.82 Å². The van der Waals surface area contributed by atoms with E-state index in [-0.39, 0.29) is 24.2 Å². The van der Waals surface area contributed by atoms with Crippen LogP contribution in [0.5, 0.6) is 5.75 Å². The van der Waals surface area contributed by atoms with Gasteiger partial charge in [-0.2, -0.15) is 0 Å². The van der Waals surface area contributed by atoms with Gasteiger partial charge in [-0.3, -0.25) is 0 Å². The van der Waals surface area contributed by atoms with Gasteiger partial charge in [-0.05, 0) is 30.7 Å². The maximum atomic E-state index is 13.7. The lowest BCUT2D eigenvalue weighted by atomic mass is 10.1. The summed E-state index contributed by atoms with van der Waals surface area (Å²) in [6.45, 7) is 1.76. The van der Waals surface area contributed by atoms with E-state index in [0.29, 0.717) is 11.1 Å². The number of benzene rings is 2. The molecule has 0 unspecified atom stereocenters. The van der Waals surface area contributed by atoms with Crippen molar-refractivity contribution < 1.29 is 13.5 Å². The first-order valence-corrected chi connectivity index (χ1v) is 5.99. The van der Waals surface area contributed by atoms with Crippen LogP contribution in [0.15, 0.2) is 42.5 Å². The zero-order chi connectivity index (χ0) is 13.8. The predicted molar refractivity (Wildman–Crippen MR) is 69.7 cm³/mol. The minimum Gasteiger partial charge on any atom is -0.486 e. The van der Waals surface area contributed by atoms with Crippen LogP contribution in [0.2, 0.25) is 0 Å². The van der Waals surface area contributed by atoms with E-state index in [1.807, 2.05) is 0 Å². The highest BCUT2D eigenvalue weighted by Crippen LogP contribution is 2.22. The molecule has 2 aromatic rings. The molecule has 0 spiro atoms. The maximum Gasteiger partial charge on any atom is 0.165 e. The second-order valence-corrected chi connectivity index (χ2v) is 4.36. The molecule has 2 N–H and O–H groups in total. The Labute approximate surface area is 110 Å². The minimum atomic E-state index is -0.494. The van der Waals surface area contributed by atoms with Gasteiger partial charge in [0.1, 0.15) is 12.4 Å². The van der Waals surface area contributed by atoms with Crippen LogP contribution in [0, 0.1) is 11.6 Å². The van der Waals surface area contributed by atoms with Gasteiger partial charge >= 0.3 is 0 Å². The Morgan fingerprint density at radius 3 is 2.47 bits per heavy atom. The maximum absolute atomic E-state index is 13.7. The van der Waals surface area contributed by atoms with E-state index in [2.05, 4.69) is 0 Å². The minimum absolute atomic E-state index is 0.0128. The number of nitrogens with two attached hydrogens (primary N) is 1. The monoisotopic (exact) mass is 263 g/mol. The van der Waals surface area contributed by atoms with Gasteiger partial charge in [-0.15, -0.1) is 0 Å². The first-order valence-electron chi connectivity index (χ1n) is 5.99. The third-order valence-corrected chi connectivity index (χ3v) is 2.82. The largest absolute Gasteiger partial charge is 0.486 e. The smallest absolute Gasteiger partial charge is 0.165 e. The molecule has 0 aliphatic heterocycles. The van der Waals surface area contributed by atoms with Crippen molar-refractivity contribution in [3.63, 3.8) is 0 Å². The molecule has 0 fully saturated rings. The second-order valence-electron chi connectivity index (χ2n) is 4.36. The standard InChI is InChI=1S/C15H15F2NO/c1-10(18)11-6-7-15(14(17)8-11)19-9-12-4-2-3-5-13(12)16/h2-8,10H,9,18H2,1H3/t10-/m1/s1. The Hall–Kier alpha value is -1.94. The summed E-state index contributed by atoms with van der Waals surface area (Å²) < 4.78 is 32.4. The Morgan fingerprint density at radius 2 is 1.84 bits per heavy atom. The van der Waals surface area contributed by atoms with Crippen LogP contribution in [0.4, 0.5) is 8.78 Å². The average Bonchev–Trinajstić information content (AvgIpc) is 2.39. The van der Waals surface area contributed by atoms with Crippen molar-refractivity contribution in [1.29, 1.82) is 0 Å². The van der Waals surface area contributed by atoms with E-state index >= 15 is 0 Å². The van der Waals surface area contributed by atoms with Crippen LogP contribution in [0.3, 0.4) is 0 Å². The van der Waals surface area contributed by atoms with E-state index in [4.69, 9.17) is 10.5 Å². The second kappa shape index (κ2) is 5.80. The molecule has 0 aromatic heterocycles. The van der Waals surface area contributed by atoms with Crippen LogP contribution < -0.4 is 10.5 Å². The summed E-state index contributed by atoms with van der Waals surface area (Å²) in [6, 6.07) is 10.5. The summed E-state index contributed by atoms with van der Waals surface area (Å²) in [7, 11) is 0. The summed E-state index contributed by atoms with van der Waals surface area (Å²) in [5.74, 6) is -0.770. The molecule has 0 amide bonds. The first kappa shape index (κ1) is 13.5. The van der Waals surface area contributed by atoms with Crippen LogP contribution in [-0.4, -0.2) is 0 Å². The molecule has 4 heteroatoms. The van der Waals surface area contributed by atoms with Crippen molar-refractivity contribution in [3.8, 4) is 5.75 Å². The predicted octanol–water partition coefficient (Wildman–Crippen LogP) is 3.56. The third kappa shape index (κ3) is 3.29. The third-order valence-electron chi connectivity index (χ3n) is 2.82. The SMILES string of the molecule is C[C@@H](N)c1ccc(OCc2ccccc2F)c(F)c1. The van der Waals surface area contributed by atoms with Gasteiger partial charge < -0.3 is 10.5 Å². The van der Waals surface area contributed by atoms with E-state index in [1.54, 1.807) is 31.2 Å². The molecule has 2 rings (SSSR count). The van der Waals surface area contributed by atoms with Gasteiger partial charge in [0, 0.05) is 11.6 Å². The number of rotatable bonds is 4. The fourth-order valence-corrected chi connectivity index (χ4v) is 1.69. The van der Waals surface area contributed by atoms with Crippen molar-refractivity contribution in [2.45, 2.75) is 19.6 Å². The van der Waals surface area contributed by atoms with Crippen molar-refractivity contribution >= 4 is 0 Å². The van der Waals surface area contributed by atoms with E-state index in [1.165, 1.54) is 18.2 Å². The van der Waals surface area contributed by atoms with Gasteiger partial charge in [-0.1, -0.05) is 24.3 Å². The zero-order valence-electron chi connectivity index (χ0n) is 10.6. The molecule has 0 heterocycles. The molecule has 0 radical (unpaired) electrons. The molecule has 2 aromatic carbocycles. The molecular formula is C15H15F2NO. The highest BCUT2D eigenvalue weighted by atomic mass is 19.1. The molecule has 100 valence electrons. The zero-order valence-corrected chi connectivity index (χ0v) is 10.6. The van der Waals surface area contributed by atoms with Crippen molar-refractivity contribution in [1.82, 2.24) is 0 Å². The summed E-state index contributed by atoms with van der Waals surface area (Å²) >= 11 is 0. The molecule has 1 atom stereocenters. The van der Waals surface area contributed by atoms with Crippen molar-refractivity contribution in [2.75, 3.05) is 0 Å². The highest BCUT2D eigenvalue weighted by molar-refractivity contribution is 5.31. The number of hydrogen-bond donors (Lipinski definition) is 1. The van der Waals surface area contributed by atoms with Crippen LogP contribution >= 0.6 is 0 Å². The number of halogens is 2. The summed E-state index contributed by atoms with van der Waals surface area (Å²) in [6.07, 6.45) is 0. The molecule has 0 saturated heterocycles. The lowest BCUT2D eigenvalue weighted by Gasteiger charge is -2.10. The van der Waals surface area contributed by atoms with Crippen LogP contribution in [-0.2, 0) is 6.61 Å². The lowest BCUT2D eigenvalue weighted by molar-refractivity contribution is 0.284. The van der Waals surface area contributed by atoms with Gasteiger partial charge in [-0.25, -0.2) is 8.78 Å². The summed E-state index contributed by atoms with van der Waals surface area (Å²) in [5.41, 5.74) is 6.74. The lowest BCUT2D eigenvalue weighted by Crippen LogP contribution is -2.06. The molecule has 2 nitrogen and oxygen atoms in total. The Bertz CT molecular complexity index is 570. The molecule has 0 saturated carbocycles. The Balaban J connectivity index is 2.10. The van der Waals surface area contributed by atoms with Gasteiger partial charge in [0.15, 0.2) is 11.6 Å². The van der Waals surface area contributed by atoms with Crippen LogP contribution in [0.1, 0.15) is 24.1 Å². The molecule has 0 bridgehead atoms. The molecule has 19 heavy (non-hydrogen) atoms. The van der Waals surface area contributed by atoms with Crippen LogP contribution in [0.25, 0.3) is 0 Å². The fraction of sp³-hybridized carbons (Fsp3) is 0.200. The molecule has 0 aliphatic rings. The molecule has 0 aliphatic carbocycles. The van der Waals surface area contributed by atoms with Gasteiger partial charge in [0.05, 0.1) is 0 Å². The van der Waals surface area contributed by atoms with Gasteiger partial charge in [0.25, 0.3) is 0 Å². The average molecular weight is 263 g/mol. The van der Waals surface area contributed by atoms with Gasteiger partial charge in [0.2, 0.25) is 0 Å². The van der Waals surface area contributed by atoms with Crippen molar-refractivity contribution in [3.05, 3.63) is 65.2 Å². The normalized spacial score (nSPS) is 12.2. The fourth-order valence-electron chi connectivity index (χ4n) is 1.69. The Morgan fingerprint density at radius 1 is 1.11 bits per heavy atom. The Kier molecular flexibility index (Phi) is 4.12. The van der Waals surface area contributed by atoms with Crippen molar-refractivity contribution in [2.24, 2.45) is 5.73 Å². The topological polar surface area (TPSA) is 35.2 Å². The van der Waals surface area contributed by atoms with E-state index in [9.17, 15) is 8.78 Å².